The number of rotatable bonds is 4. The lowest BCUT2D eigenvalue weighted by atomic mass is 9.87. The molecule has 4 nitrogen and oxygen atoms in total. The molecule has 2 unspecified atom stereocenters. The molecule has 1 aromatic rings. The second kappa shape index (κ2) is 6.22. The van der Waals surface area contributed by atoms with E-state index in [0.717, 1.165) is 25.7 Å². The van der Waals surface area contributed by atoms with E-state index >= 15 is 0 Å². The van der Waals surface area contributed by atoms with Gasteiger partial charge in [-0.2, -0.15) is 0 Å². The SMILES string of the molecule is O=S(=O)(NCC1CCCCC1O)c1ccc(Cl)cc1. The lowest BCUT2D eigenvalue weighted by Gasteiger charge is -2.27. The average molecular weight is 304 g/mol. The first kappa shape index (κ1) is 14.8. The van der Waals surface area contributed by atoms with Crippen molar-refractivity contribution in [1.82, 2.24) is 4.72 Å². The Labute approximate surface area is 118 Å². The predicted molar refractivity (Wildman–Crippen MR) is 74.6 cm³/mol. The quantitative estimate of drug-likeness (QED) is 0.896. The van der Waals surface area contributed by atoms with Gasteiger partial charge in [0.2, 0.25) is 10.0 Å². The molecule has 0 aliphatic heterocycles. The third kappa shape index (κ3) is 3.92. The molecule has 6 heteroatoms. The summed E-state index contributed by atoms with van der Waals surface area (Å²) < 4.78 is 26.7. The van der Waals surface area contributed by atoms with Crippen molar-refractivity contribution < 1.29 is 13.5 Å². The Kier molecular flexibility index (Phi) is 4.84. The van der Waals surface area contributed by atoms with E-state index in [2.05, 4.69) is 4.72 Å². The Hall–Kier alpha value is -0.620. The molecule has 2 atom stereocenters. The van der Waals surface area contributed by atoms with Crippen LogP contribution in [-0.4, -0.2) is 26.2 Å². The van der Waals surface area contributed by atoms with Crippen molar-refractivity contribution >= 4 is 21.6 Å². The van der Waals surface area contributed by atoms with Gasteiger partial charge in [0.05, 0.1) is 11.0 Å². The fourth-order valence-corrected chi connectivity index (χ4v) is 3.56. The molecule has 0 radical (unpaired) electrons. The van der Waals surface area contributed by atoms with E-state index in [9.17, 15) is 13.5 Å². The molecule has 1 aromatic carbocycles. The number of aliphatic hydroxyl groups is 1. The largest absolute Gasteiger partial charge is 0.393 e. The molecule has 0 spiro atoms. The average Bonchev–Trinajstić information content (AvgIpc) is 2.38. The van der Waals surface area contributed by atoms with E-state index in [1.807, 2.05) is 0 Å². The maximum absolute atomic E-state index is 12.1. The second-order valence-corrected chi connectivity index (χ2v) is 7.12. The summed E-state index contributed by atoms with van der Waals surface area (Å²) in [5.41, 5.74) is 0. The molecule has 0 aromatic heterocycles. The minimum atomic E-state index is -3.52. The maximum atomic E-state index is 12.1. The summed E-state index contributed by atoms with van der Waals surface area (Å²) in [6, 6.07) is 6.04. The van der Waals surface area contributed by atoms with Crippen molar-refractivity contribution in [3.8, 4) is 0 Å². The normalized spacial score (nSPS) is 24.3. The van der Waals surface area contributed by atoms with E-state index in [0.29, 0.717) is 5.02 Å². The van der Waals surface area contributed by atoms with Gasteiger partial charge in [-0.25, -0.2) is 13.1 Å². The summed E-state index contributed by atoms with van der Waals surface area (Å²) in [7, 11) is -3.52. The molecule has 1 saturated carbocycles. The van der Waals surface area contributed by atoms with Gasteiger partial charge in [0.1, 0.15) is 0 Å². The summed E-state index contributed by atoms with van der Waals surface area (Å²) in [5.74, 6) is 0.0100. The topological polar surface area (TPSA) is 66.4 Å². The van der Waals surface area contributed by atoms with Gasteiger partial charge < -0.3 is 5.11 Å². The predicted octanol–water partition coefficient (Wildman–Crippen LogP) is 2.17. The smallest absolute Gasteiger partial charge is 0.240 e. The molecule has 0 saturated heterocycles. The van der Waals surface area contributed by atoms with Crippen molar-refractivity contribution in [2.24, 2.45) is 5.92 Å². The Morgan fingerprint density at radius 1 is 1.21 bits per heavy atom. The first-order chi connectivity index (χ1) is 8.99. The third-order valence-electron chi connectivity index (χ3n) is 3.53. The number of halogens is 1. The second-order valence-electron chi connectivity index (χ2n) is 4.92. The number of hydrogen-bond donors (Lipinski definition) is 2. The monoisotopic (exact) mass is 303 g/mol. The summed E-state index contributed by atoms with van der Waals surface area (Å²) in [6.07, 6.45) is 3.28. The van der Waals surface area contributed by atoms with Crippen molar-refractivity contribution in [3.05, 3.63) is 29.3 Å². The molecule has 0 heterocycles. The van der Waals surface area contributed by atoms with Gasteiger partial charge in [0, 0.05) is 11.6 Å². The van der Waals surface area contributed by atoms with Crippen LogP contribution in [0.1, 0.15) is 25.7 Å². The highest BCUT2D eigenvalue weighted by Gasteiger charge is 2.25. The molecule has 0 bridgehead atoms. The van der Waals surface area contributed by atoms with Gasteiger partial charge in [-0.3, -0.25) is 0 Å². The van der Waals surface area contributed by atoms with Crippen LogP contribution in [0.3, 0.4) is 0 Å². The molecule has 106 valence electrons. The minimum Gasteiger partial charge on any atom is -0.393 e. The number of benzene rings is 1. The zero-order chi connectivity index (χ0) is 13.9. The van der Waals surface area contributed by atoms with E-state index in [1.165, 1.54) is 12.1 Å². The van der Waals surface area contributed by atoms with Crippen molar-refractivity contribution in [3.63, 3.8) is 0 Å². The van der Waals surface area contributed by atoms with Crippen LogP contribution >= 0.6 is 11.6 Å². The molecule has 2 rings (SSSR count). The van der Waals surface area contributed by atoms with E-state index in [4.69, 9.17) is 11.6 Å². The third-order valence-corrected chi connectivity index (χ3v) is 5.22. The highest BCUT2D eigenvalue weighted by Crippen LogP contribution is 2.24. The highest BCUT2D eigenvalue weighted by atomic mass is 35.5. The lowest BCUT2D eigenvalue weighted by molar-refractivity contribution is 0.0724. The molecular weight excluding hydrogens is 286 g/mol. The summed E-state index contributed by atoms with van der Waals surface area (Å²) in [5, 5.41) is 10.3. The molecule has 1 fully saturated rings. The number of nitrogens with one attached hydrogen (secondary N) is 1. The maximum Gasteiger partial charge on any atom is 0.240 e. The molecule has 1 aliphatic rings. The Morgan fingerprint density at radius 3 is 2.47 bits per heavy atom. The highest BCUT2D eigenvalue weighted by molar-refractivity contribution is 7.89. The summed E-state index contributed by atoms with van der Waals surface area (Å²) in [6.45, 7) is 0.284. The van der Waals surface area contributed by atoms with Gasteiger partial charge in [0.25, 0.3) is 0 Å². The fraction of sp³-hybridized carbons (Fsp3) is 0.538. The van der Waals surface area contributed by atoms with E-state index in [-0.39, 0.29) is 17.4 Å². The molecule has 1 aliphatic carbocycles. The number of hydrogen-bond acceptors (Lipinski definition) is 3. The number of aliphatic hydroxyl groups excluding tert-OH is 1. The van der Waals surface area contributed by atoms with Gasteiger partial charge in [0.15, 0.2) is 0 Å². The van der Waals surface area contributed by atoms with Crippen LogP contribution in [0.5, 0.6) is 0 Å². The van der Waals surface area contributed by atoms with Crippen molar-refractivity contribution in [1.29, 1.82) is 0 Å². The molecular formula is C13H18ClNO3S. The van der Waals surface area contributed by atoms with Crippen LogP contribution < -0.4 is 4.72 Å². The van der Waals surface area contributed by atoms with Crippen LogP contribution in [0.25, 0.3) is 0 Å². The standard InChI is InChI=1S/C13H18ClNO3S/c14-11-5-7-12(8-6-11)19(17,18)15-9-10-3-1-2-4-13(10)16/h5-8,10,13,15-16H,1-4,9H2. The Bertz CT molecular complexity index is 515. The first-order valence-corrected chi connectivity index (χ1v) is 8.28. The van der Waals surface area contributed by atoms with Crippen LogP contribution in [-0.2, 0) is 10.0 Å². The zero-order valence-electron chi connectivity index (χ0n) is 10.5. The van der Waals surface area contributed by atoms with Gasteiger partial charge in [-0.15, -0.1) is 0 Å². The Balaban J connectivity index is 1.99. The molecule has 0 amide bonds. The van der Waals surface area contributed by atoms with E-state index < -0.39 is 16.1 Å². The van der Waals surface area contributed by atoms with Gasteiger partial charge in [-0.1, -0.05) is 24.4 Å². The molecule has 2 N–H and O–H groups in total. The van der Waals surface area contributed by atoms with Crippen LogP contribution in [0.4, 0.5) is 0 Å². The summed E-state index contributed by atoms with van der Waals surface area (Å²) in [4.78, 5) is 0.196. The van der Waals surface area contributed by atoms with Gasteiger partial charge >= 0.3 is 0 Å². The minimum absolute atomic E-state index is 0.0100. The first-order valence-electron chi connectivity index (χ1n) is 6.42. The van der Waals surface area contributed by atoms with Gasteiger partial charge in [-0.05, 0) is 43.0 Å². The van der Waals surface area contributed by atoms with Crippen molar-refractivity contribution in [2.45, 2.75) is 36.7 Å². The lowest BCUT2D eigenvalue weighted by Crippen LogP contribution is -2.36. The van der Waals surface area contributed by atoms with Crippen LogP contribution in [0.15, 0.2) is 29.2 Å². The van der Waals surface area contributed by atoms with Crippen molar-refractivity contribution in [2.75, 3.05) is 6.54 Å². The van der Waals surface area contributed by atoms with Crippen LogP contribution in [0.2, 0.25) is 5.02 Å². The van der Waals surface area contributed by atoms with Crippen LogP contribution in [0, 0.1) is 5.92 Å². The fourth-order valence-electron chi connectivity index (χ4n) is 2.34. The molecule has 19 heavy (non-hydrogen) atoms. The Morgan fingerprint density at radius 2 is 1.84 bits per heavy atom. The summed E-state index contributed by atoms with van der Waals surface area (Å²) >= 11 is 5.73. The van der Waals surface area contributed by atoms with E-state index in [1.54, 1.807) is 12.1 Å². The zero-order valence-corrected chi connectivity index (χ0v) is 12.1. The number of sulfonamides is 1.